The molecule has 0 saturated heterocycles. The fourth-order valence-electron chi connectivity index (χ4n) is 0.781. The van der Waals surface area contributed by atoms with Crippen molar-refractivity contribution in [1.82, 2.24) is 0 Å². The molecule has 0 radical (unpaired) electrons. The van der Waals surface area contributed by atoms with E-state index >= 15 is 0 Å². The van der Waals surface area contributed by atoms with Gasteiger partial charge in [-0.15, -0.1) is 6.58 Å². The summed E-state index contributed by atoms with van der Waals surface area (Å²) in [5.74, 6) is 0.322. The molecule has 0 aromatic rings. The minimum atomic E-state index is 0.322. The van der Waals surface area contributed by atoms with Crippen molar-refractivity contribution in [2.45, 2.75) is 19.8 Å². The summed E-state index contributed by atoms with van der Waals surface area (Å²) in [6.45, 7) is 6.26. The molecule has 0 saturated carbocycles. The number of rotatable bonds is 5. The molecule has 0 aromatic carbocycles. The molecule has 0 fully saturated rings. The Morgan fingerprint density at radius 3 is 2.80 bits per heavy atom. The van der Waals surface area contributed by atoms with E-state index in [0.717, 1.165) is 12.1 Å². The third kappa shape index (κ3) is 3.41. The van der Waals surface area contributed by atoms with Gasteiger partial charge in [-0.25, -0.2) is 0 Å². The number of hydrogen-bond donors (Lipinski definition) is 2. The fraction of sp³-hybridized carbons (Fsp3) is 0.625. The van der Waals surface area contributed by atoms with E-state index in [-0.39, 0.29) is 0 Å². The van der Waals surface area contributed by atoms with Crippen LogP contribution in [0.3, 0.4) is 0 Å². The number of nitrogens with two attached hydrogens (primary N) is 1. The second kappa shape index (κ2) is 5.18. The van der Waals surface area contributed by atoms with Gasteiger partial charge in [0.15, 0.2) is 0 Å². The van der Waals surface area contributed by atoms with Crippen LogP contribution in [-0.2, 0) is 0 Å². The highest BCUT2D eigenvalue weighted by Crippen LogP contribution is 2.04. The van der Waals surface area contributed by atoms with Crippen LogP contribution >= 0.6 is 0 Å². The molecule has 3 N–H and O–H groups in total. The predicted molar refractivity (Wildman–Crippen MR) is 45.4 cm³/mol. The second-order valence-electron chi connectivity index (χ2n) is 2.50. The van der Waals surface area contributed by atoms with E-state index in [1.54, 1.807) is 6.08 Å². The minimum absolute atomic E-state index is 0.322. The Labute approximate surface area is 62.6 Å². The predicted octanol–water partition coefficient (Wildman–Crippen LogP) is 1.57. The van der Waals surface area contributed by atoms with Gasteiger partial charge in [-0.05, 0) is 18.9 Å². The Bertz CT molecular complexity index is 118. The Morgan fingerprint density at radius 1 is 1.80 bits per heavy atom. The molecule has 2 nitrogen and oxygen atoms in total. The van der Waals surface area contributed by atoms with Gasteiger partial charge < -0.3 is 11.1 Å². The van der Waals surface area contributed by atoms with Crippen LogP contribution in [0.2, 0.25) is 0 Å². The molecular weight excluding hydrogens is 124 g/mol. The molecule has 0 amide bonds. The van der Waals surface area contributed by atoms with Crippen molar-refractivity contribution in [2.75, 3.05) is 6.54 Å². The molecule has 1 atom stereocenters. The molecular formula is C8H16N2. The average molecular weight is 140 g/mol. The lowest BCUT2D eigenvalue weighted by atomic mass is 10.00. The maximum Gasteiger partial charge on any atom is 0.0155 e. The molecule has 1 unspecified atom stereocenters. The van der Waals surface area contributed by atoms with Gasteiger partial charge in [0.05, 0.1) is 0 Å². The molecule has 0 spiro atoms. The molecule has 0 aliphatic carbocycles. The maximum absolute atomic E-state index is 7.47. The van der Waals surface area contributed by atoms with Gasteiger partial charge in [0, 0.05) is 12.1 Å². The van der Waals surface area contributed by atoms with Gasteiger partial charge in [0.1, 0.15) is 0 Å². The molecule has 58 valence electrons. The first-order valence-electron chi connectivity index (χ1n) is 3.60. The molecule has 0 rings (SSSR count). The van der Waals surface area contributed by atoms with Gasteiger partial charge >= 0.3 is 0 Å². The largest absolute Gasteiger partial charge is 0.330 e. The summed E-state index contributed by atoms with van der Waals surface area (Å²) in [6, 6.07) is 0. The van der Waals surface area contributed by atoms with Crippen LogP contribution in [-0.4, -0.2) is 12.3 Å². The van der Waals surface area contributed by atoms with E-state index in [4.69, 9.17) is 11.1 Å². The average Bonchev–Trinajstić information content (AvgIpc) is 1.89. The normalized spacial score (nSPS) is 12.6. The number of hydrogen-bond acceptors (Lipinski definition) is 2. The Morgan fingerprint density at radius 2 is 2.40 bits per heavy atom. The zero-order valence-electron chi connectivity index (χ0n) is 6.56. The van der Waals surface area contributed by atoms with Gasteiger partial charge in [0.2, 0.25) is 0 Å². The SMILES string of the molecule is C=CCC(=N)C(C)CCN. The first-order valence-corrected chi connectivity index (χ1v) is 3.60. The van der Waals surface area contributed by atoms with Gasteiger partial charge in [0.25, 0.3) is 0 Å². The van der Waals surface area contributed by atoms with Crippen molar-refractivity contribution in [1.29, 1.82) is 5.41 Å². The minimum Gasteiger partial charge on any atom is -0.330 e. The van der Waals surface area contributed by atoms with Crippen molar-refractivity contribution < 1.29 is 0 Å². The molecule has 2 heteroatoms. The van der Waals surface area contributed by atoms with Crippen LogP contribution in [0, 0.1) is 11.3 Å². The third-order valence-corrected chi connectivity index (χ3v) is 1.56. The summed E-state index contributed by atoms with van der Waals surface area (Å²) in [4.78, 5) is 0. The van der Waals surface area contributed by atoms with Crippen molar-refractivity contribution >= 4 is 5.71 Å². The van der Waals surface area contributed by atoms with Gasteiger partial charge in [-0.1, -0.05) is 13.0 Å². The summed E-state index contributed by atoms with van der Waals surface area (Å²) >= 11 is 0. The zero-order chi connectivity index (χ0) is 7.98. The first kappa shape index (κ1) is 9.37. The first-order chi connectivity index (χ1) is 4.72. The van der Waals surface area contributed by atoms with Crippen LogP contribution in [0.15, 0.2) is 12.7 Å². The van der Waals surface area contributed by atoms with Crippen LogP contribution in [0.4, 0.5) is 0 Å². The lowest BCUT2D eigenvalue weighted by molar-refractivity contribution is 0.682. The molecule has 0 heterocycles. The highest BCUT2D eigenvalue weighted by molar-refractivity contribution is 5.84. The lowest BCUT2D eigenvalue weighted by Crippen LogP contribution is -2.13. The summed E-state index contributed by atoms with van der Waals surface area (Å²) in [6.07, 6.45) is 3.36. The smallest absolute Gasteiger partial charge is 0.0155 e. The van der Waals surface area contributed by atoms with Crippen molar-refractivity contribution in [3.8, 4) is 0 Å². The summed E-state index contributed by atoms with van der Waals surface area (Å²) in [5, 5.41) is 7.47. The number of nitrogens with one attached hydrogen (secondary N) is 1. The van der Waals surface area contributed by atoms with E-state index in [9.17, 15) is 0 Å². The third-order valence-electron chi connectivity index (χ3n) is 1.56. The van der Waals surface area contributed by atoms with Crippen molar-refractivity contribution in [3.63, 3.8) is 0 Å². The van der Waals surface area contributed by atoms with Crippen LogP contribution < -0.4 is 5.73 Å². The quantitative estimate of drug-likeness (QED) is 0.442. The molecule has 0 aromatic heterocycles. The van der Waals surface area contributed by atoms with Crippen LogP contribution in [0.1, 0.15) is 19.8 Å². The monoisotopic (exact) mass is 140 g/mol. The van der Waals surface area contributed by atoms with Crippen molar-refractivity contribution in [2.24, 2.45) is 11.7 Å². The van der Waals surface area contributed by atoms with E-state index in [1.807, 2.05) is 6.92 Å². The Kier molecular flexibility index (Phi) is 4.85. The maximum atomic E-state index is 7.47. The lowest BCUT2D eigenvalue weighted by Gasteiger charge is -2.08. The zero-order valence-corrected chi connectivity index (χ0v) is 6.56. The van der Waals surface area contributed by atoms with Gasteiger partial charge in [-0.3, -0.25) is 0 Å². The van der Waals surface area contributed by atoms with E-state index in [0.29, 0.717) is 18.9 Å². The highest BCUT2D eigenvalue weighted by atomic mass is 14.5. The summed E-state index contributed by atoms with van der Waals surface area (Å²) in [5.41, 5.74) is 6.08. The summed E-state index contributed by atoms with van der Waals surface area (Å²) < 4.78 is 0. The summed E-state index contributed by atoms with van der Waals surface area (Å²) in [7, 11) is 0. The Balaban J connectivity index is 3.58. The highest BCUT2D eigenvalue weighted by Gasteiger charge is 2.04. The molecule has 0 bridgehead atoms. The Hall–Kier alpha value is -0.630. The van der Waals surface area contributed by atoms with E-state index in [2.05, 4.69) is 6.58 Å². The van der Waals surface area contributed by atoms with Gasteiger partial charge in [-0.2, -0.15) is 0 Å². The molecule has 0 aliphatic heterocycles. The molecule has 10 heavy (non-hydrogen) atoms. The topological polar surface area (TPSA) is 49.9 Å². The second-order valence-corrected chi connectivity index (χ2v) is 2.50. The van der Waals surface area contributed by atoms with E-state index in [1.165, 1.54) is 0 Å². The molecule has 0 aliphatic rings. The van der Waals surface area contributed by atoms with E-state index < -0.39 is 0 Å². The van der Waals surface area contributed by atoms with Crippen LogP contribution in [0.5, 0.6) is 0 Å². The van der Waals surface area contributed by atoms with Crippen LogP contribution in [0.25, 0.3) is 0 Å². The number of allylic oxidation sites excluding steroid dienone is 1. The fourth-order valence-corrected chi connectivity index (χ4v) is 0.781. The standard InChI is InChI=1S/C8H16N2/c1-3-4-8(10)7(2)5-6-9/h3,7,10H,1,4-6,9H2,2H3. The van der Waals surface area contributed by atoms with Crippen molar-refractivity contribution in [3.05, 3.63) is 12.7 Å².